The van der Waals surface area contributed by atoms with Crippen LogP contribution in [-0.4, -0.2) is 24.2 Å². The minimum atomic E-state index is -0.333. The van der Waals surface area contributed by atoms with Gasteiger partial charge in [0.15, 0.2) is 0 Å². The molecule has 1 heterocycles. The molecule has 0 unspecified atom stereocenters. The smallest absolute Gasteiger partial charge is 0.269 e. The first-order valence-electron chi connectivity index (χ1n) is 3.95. The Bertz CT molecular complexity index is 366. The van der Waals surface area contributed by atoms with Crippen molar-refractivity contribution in [2.24, 2.45) is 0 Å². The fourth-order valence-electron chi connectivity index (χ4n) is 0.992. The van der Waals surface area contributed by atoms with Crippen molar-refractivity contribution in [1.82, 2.24) is 10.3 Å². The zero-order valence-electron chi connectivity index (χ0n) is 7.58. The second-order valence-corrected chi connectivity index (χ2v) is 2.87. The Morgan fingerprint density at radius 3 is 2.86 bits per heavy atom. The van der Waals surface area contributed by atoms with Gasteiger partial charge in [0.05, 0.1) is 11.6 Å². The molecule has 0 bridgehead atoms. The fraction of sp³-hybridized carbons (Fsp3) is 0.222. The van der Waals surface area contributed by atoms with Gasteiger partial charge in [-0.2, -0.15) is 0 Å². The molecule has 0 aromatic carbocycles. The van der Waals surface area contributed by atoms with Gasteiger partial charge >= 0.3 is 0 Å². The van der Waals surface area contributed by atoms with Crippen molar-refractivity contribution >= 4 is 23.8 Å². The number of nitrogens with zero attached hydrogens (tertiary/aromatic N) is 1. The first kappa shape index (κ1) is 10.7. The molecule has 74 valence electrons. The molecule has 1 aromatic heterocycles. The van der Waals surface area contributed by atoms with Crippen LogP contribution in [0.4, 0.5) is 0 Å². The van der Waals surface area contributed by atoms with Gasteiger partial charge in [-0.1, -0.05) is 0 Å². The summed E-state index contributed by atoms with van der Waals surface area (Å²) < 4.78 is 0. The lowest BCUT2D eigenvalue weighted by Gasteiger charge is -2.02. The molecule has 0 saturated carbocycles. The van der Waals surface area contributed by atoms with Gasteiger partial charge in [-0.05, 0) is 12.1 Å². The molecule has 0 spiro atoms. The minimum Gasteiger partial charge on any atom is -0.354 e. The highest BCUT2D eigenvalue weighted by Gasteiger charge is 2.07. The number of amides is 1. The lowest BCUT2D eigenvalue weighted by atomic mass is 10.2. The molecule has 5 heteroatoms. The van der Waals surface area contributed by atoms with E-state index in [2.05, 4.69) is 10.3 Å². The summed E-state index contributed by atoms with van der Waals surface area (Å²) in [5, 5.41) is 2.42. The number of aldehydes is 1. The molecule has 0 aliphatic rings. The second-order valence-electron chi connectivity index (χ2n) is 2.61. The molecule has 0 saturated heterocycles. The molecule has 4 nitrogen and oxygen atoms in total. The predicted octanol–water partition coefficient (Wildman–Crippen LogP) is 0.993. The van der Waals surface area contributed by atoms with Crippen LogP contribution < -0.4 is 5.32 Å². The summed E-state index contributed by atoms with van der Waals surface area (Å²) in [5.41, 5.74) is 1.11. The second kappa shape index (κ2) is 4.72. The van der Waals surface area contributed by atoms with Crippen LogP contribution in [-0.2, 0) is 5.88 Å². The maximum absolute atomic E-state index is 11.2. The Morgan fingerprint density at radius 2 is 2.36 bits per heavy atom. The largest absolute Gasteiger partial charge is 0.354 e. The van der Waals surface area contributed by atoms with E-state index in [1.165, 1.54) is 13.1 Å². The average molecular weight is 213 g/mol. The number of hydrogen-bond donors (Lipinski definition) is 1. The Kier molecular flexibility index (Phi) is 3.59. The van der Waals surface area contributed by atoms with Crippen LogP contribution in [0.5, 0.6) is 0 Å². The number of halogens is 1. The van der Waals surface area contributed by atoms with E-state index < -0.39 is 0 Å². The van der Waals surface area contributed by atoms with Crippen LogP contribution in [0.1, 0.15) is 26.5 Å². The van der Waals surface area contributed by atoms with Gasteiger partial charge < -0.3 is 5.32 Å². The van der Waals surface area contributed by atoms with E-state index in [0.717, 1.165) is 0 Å². The summed E-state index contributed by atoms with van der Waals surface area (Å²) in [6.45, 7) is 0. The van der Waals surface area contributed by atoms with Crippen LogP contribution in [0.25, 0.3) is 0 Å². The van der Waals surface area contributed by atoms with E-state index in [0.29, 0.717) is 17.5 Å². The zero-order chi connectivity index (χ0) is 10.6. The van der Waals surface area contributed by atoms with E-state index in [4.69, 9.17) is 11.6 Å². The number of rotatable bonds is 3. The van der Waals surface area contributed by atoms with Gasteiger partial charge in [0.1, 0.15) is 12.0 Å². The van der Waals surface area contributed by atoms with Gasteiger partial charge in [-0.15, -0.1) is 11.6 Å². The van der Waals surface area contributed by atoms with Crippen LogP contribution in [0.3, 0.4) is 0 Å². The first-order chi connectivity index (χ1) is 6.71. The number of alkyl halides is 1. The van der Waals surface area contributed by atoms with Gasteiger partial charge in [0, 0.05) is 12.6 Å². The topological polar surface area (TPSA) is 59.1 Å². The predicted molar refractivity (Wildman–Crippen MR) is 52.6 cm³/mol. The Labute approximate surface area is 86.3 Å². The summed E-state index contributed by atoms with van der Waals surface area (Å²) in [6.07, 6.45) is 0.657. The molecule has 0 radical (unpaired) electrons. The standard InChI is InChI=1S/C9H9ClN2O2/c1-11-9(14)8-3-6(5-13)2-7(4-10)12-8/h2-3,5H,4H2,1H3,(H,11,14). The Balaban J connectivity index is 3.16. The molecule has 0 fully saturated rings. The lowest BCUT2D eigenvalue weighted by Crippen LogP contribution is -2.20. The molecule has 0 aliphatic carbocycles. The molecule has 0 atom stereocenters. The normalized spacial score (nSPS) is 9.57. The van der Waals surface area contributed by atoms with E-state index in [9.17, 15) is 9.59 Å². The first-order valence-corrected chi connectivity index (χ1v) is 4.49. The number of carbonyl (C=O) groups is 2. The molecule has 1 rings (SSSR count). The van der Waals surface area contributed by atoms with E-state index in [1.807, 2.05) is 0 Å². The van der Waals surface area contributed by atoms with Crippen LogP contribution in [0.15, 0.2) is 12.1 Å². The van der Waals surface area contributed by atoms with Gasteiger partial charge in [0.25, 0.3) is 5.91 Å². The third-order valence-corrected chi connectivity index (χ3v) is 1.91. The minimum absolute atomic E-state index is 0.172. The van der Waals surface area contributed by atoms with Crippen molar-refractivity contribution in [3.63, 3.8) is 0 Å². The molecule has 1 N–H and O–H groups in total. The summed E-state index contributed by atoms with van der Waals surface area (Å²) in [5.74, 6) is -0.161. The third kappa shape index (κ3) is 2.29. The summed E-state index contributed by atoms with van der Waals surface area (Å²) in [4.78, 5) is 25.7. The quantitative estimate of drug-likeness (QED) is 0.601. The highest BCUT2D eigenvalue weighted by Crippen LogP contribution is 2.06. The van der Waals surface area contributed by atoms with E-state index in [1.54, 1.807) is 6.07 Å². The average Bonchev–Trinajstić information content (AvgIpc) is 2.27. The SMILES string of the molecule is CNC(=O)c1cc(C=O)cc(CCl)n1. The molecule has 14 heavy (non-hydrogen) atoms. The maximum Gasteiger partial charge on any atom is 0.269 e. The Hall–Kier alpha value is -1.42. The Morgan fingerprint density at radius 1 is 1.64 bits per heavy atom. The molecule has 0 aliphatic heterocycles. The third-order valence-electron chi connectivity index (χ3n) is 1.63. The van der Waals surface area contributed by atoms with Crippen LogP contribution >= 0.6 is 11.6 Å². The molecular weight excluding hydrogens is 204 g/mol. The molecule has 1 aromatic rings. The zero-order valence-corrected chi connectivity index (χ0v) is 8.34. The van der Waals surface area contributed by atoms with E-state index in [-0.39, 0.29) is 17.5 Å². The van der Waals surface area contributed by atoms with Gasteiger partial charge in [-0.25, -0.2) is 4.98 Å². The highest BCUT2D eigenvalue weighted by atomic mass is 35.5. The summed E-state index contributed by atoms with van der Waals surface area (Å²) in [6, 6.07) is 2.97. The monoisotopic (exact) mass is 212 g/mol. The number of pyridine rings is 1. The fourth-order valence-corrected chi connectivity index (χ4v) is 1.13. The van der Waals surface area contributed by atoms with Crippen molar-refractivity contribution < 1.29 is 9.59 Å². The number of aromatic nitrogens is 1. The van der Waals surface area contributed by atoms with Crippen LogP contribution in [0, 0.1) is 0 Å². The van der Waals surface area contributed by atoms with Crippen molar-refractivity contribution in [1.29, 1.82) is 0 Å². The summed E-state index contributed by atoms with van der Waals surface area (Å²) >= 11 is 5.57. The van der Waals surface area contributed by atoms with Crippen molar-refractivity contribution in [2.75, 3.05) is 7.05 Å². The number of nitrogens with one attached hydrogen (secondary N) is 1. The molecule has 1 amide bonds. The molecular formula is C9H9ClN2O2. The van der Waals surface area contributed by atoms with Crippen LogP contribution in [0.2, 0.25) is 0 Å². The van der Waals surface area contributed by atoms with Crippen molar-refractivity contribution in [2.45, 2.75) is 5.88 Å². The summed E-state index contributed by atoms with van der Waals surface area (Å²) in [7, 11) is 1.50. The van der Waals surface area contributed by atoms with Crippen molar-refractivity contribution in [3.05, 3.63) is 29.1 Å². The van der Waals surface area contributed by atoms with Gasteiger partial charge in [-0.3, -0.25) is 9.59 Å². The van der Waals surface area contributed by atoms with Crippen molar-refractivity contribution in [3.8, 4) is 0 Å². The maximum atomic E-state index is 11.2. The van der Waals surface area contributed by atoms with Gasteiger partial charge in [0.2, 0.25) is 0 Å². The highest BCUT2D eigenvalue weighted by molar-refractivity contribution is 6.17. The van der Waals surface area contributed by atoms with E-state index >= 15 is 0 Å². The lowest BCUT2D eigenvalue weighted by molar-refractivity contribution is 0.0958. The number of carbonyl (C=O) groups excluding carboxylic acids is 2. The number of hydrogen-bond acceptors (Lipinski definition) is 3.